The van der Waals surface area contributed by atoms with Crippen LogP contribution in [0.4, 0.5) is 0 Å². The monoisotopic (exact) mass is 319 g/mol. The van der Waals surface area contributed by atoms with Crippen LogP contribution in [0.2, 0.25) is 0 Å². The van der Waals surface area contributed by atoms with Crippen molar-refractivity contribution in [3.63, 3.8) is 0 Å². The van der Waals surface area contributed by atoms with Crippen molar-refractivity contribution in [2.45, 2.75) is 62.8 Å². The van der Waals surface area contributed by atoms with Gasteiger partial charge in [0.15, 0.2) is 0 Å². The van der Waals surface area contributed by atoms with Gasteiger partial charge in [-0.15, -0.1) is 0 Å². The molecule has 1 unspecified atom stereocenters. The van der Waals surface area contributed by atoms with Gasteiger partial charge in [-0.05, 0) is 38.3 Å². The van der Waals surface area contributed by atoms with Gasteiger partial charge in [-0.1, -0.05) is 55.0 Å². The highest BCUT2D eigenvalue weighted by Crippen LogP contribution is 2.31. The molecule has 0 saturated carbocycles. The van der Waals surface area contributed by atoms with Crippen LogP contribution in [0.5, 0.6) is 0 Å². The predicted molar refractivity (Wildman–Crippen MR) is 89.3 cm³/mol. The van der Waals surface area contributed by atoms with Crippen LogP contribution in [0.25, 0.3) is 0 Å². The maximum Gasteiger partial charge on any atom is 0.243 e. The van der Waals surface area contributed by atoms with Gasteiger partial charge in [0.2, 0.25) is 10.0 Å². The molecular formula is C18H25NO2S. The van der Waals surface area contributed by atoms with Gasteiger partial charge in [0.25, 0.3) is 0 Å². The first kappa shape index (κ1) is 15.8. The minimum Gasteiger partial charge on any atom is -0.207 e. The normalized spacial score (nSPS) is 24.0. The van der Waals surface area contributed by atoms with Crippen molar-refractivity contribution >= 4 is 10.0 Å². The maximum absolute atomic E-state index is 13.0. The molecule has 0 fully saturated rings. The molecule has 0 aromatic heterocycles. The fourth-order valence-electron chi connectivity index (χ4n) is 3.46. The summed E-state index contributed by atoms with van der Waals surface area (Å²) in [6.07, 6.45) is 10.3. The Morgan fingerprint density at radius 3 is 2.45 bits per heavy atom. The number of sulfonamides is 1. The van der Waals surface area contributed by atoms with E-state index >= 15 is 0 Å². The lowest BCUT2D eigenvalue weighted by atomic mass is 10.0. The van der Waals surface area contributed by atoms with Crippen LogP contribution < -0.4 is 0 Å². The molecule has 3 rings (SSSR count). The average molecular weight is 319 g/mol. The van der Waals surface area contributed by atoms with E-state index in [4.69, 9.17) is 0 Å². The summed E-state index contributed by atoms with van der Waals surface area (Å²) in [5, 5.41) is 0. The van der Waals surface area contributed by atoms with Crippen LogP contribution >= 0.6 is 0 Å². The predicted octanol–water partition coefficient (Wildman–Crippen LogP) is 4.04. The van der Waals surface area contributed by atoms with E-state index in [1.807, 2.05) is 19.1 Å². The number of hydrogen-bond donors (Lipinski definition) is 0. The molecule has 0 spiro atoms. The molecule has 120 valence electrons. The summed E-state index contributed by atoms with van der Waals surface area (Å²) >= 11 is 0. The molecule has 2 aliphatic rings. The smallest absolute Gasteiger partial charge is 0.207 e. The van der Waals surface area contributed by atoms with Gasteiger partial charge in [-0.3, -0.25) is 0 Å². The first-order valence-corrected chi connectivity index (χ1v) is 9.79. The van der Waals surface area contributed by atoms with Crippen LogP contribution in [0, 0.1) is 6.92 Å². The van der Waals surface area contributed by atoms with E-state index in [-0.39, 0.29) is 6.04 Å². The number of fused-ring (bicyclic) bond motifs is 1. The van der Waals surface area contributed by atoms with Crippen LogP contribution in [-0.4, -0.2) is 25.3 Å². The zero-order valence-electron chi connectivity index (χ0n) is 13.3. The summed E-state index contributed by atoms with van der Waals surface area (Å²) in [4.78, 5) is 0.424. The van der Waals surface area contributed by atoms with E-state index in [9.17, 15) is 8.42 Å². The highest BCUT2D eigenvalue weighted by Gasteiger charge is 2.34. The van der Waals surface area contributed by atoms with Gasteiger partial charge in [-0.2, -0.15) is 4.31 Å². The number of aryl methyl sites for hydroxylation is 1. The molecule has 22 heavy (non-hydrogen) atoms. The second-order valence-corrected chi connectivity index (χ2v) is 8.45. The standard InChI is InChI=1S/C18H25NO2S/c1-15-9-11-18(12-10-15)22(20,21)19-14-16-7-5-3-2-4-6-8-17(19)13-16/h9-13,17H,2-8,14H2,1H3. The Balaban J connectivity index is 1.85. The fraction of sp³-hybridized carbons (Fsp3) is 0.556. The lowest BCUT2D eigenvalue weighted by Crippen LogP contribution is -2.36. The van der Waals surface area contributed by atoms with Crippen molar-refractivity contribution in [2.24, 2.45) is 0 Å². The molecule has 4 heteroatoms. The summed E-state index contributed by atoms with van der Waals surface area (Å²) < 4.78 is 27.7. The molecule has 1 atom stereocenters. The Morgan fingerprint density at radius 1 is 1.00 bits per heavy atom. The van der Waals surface area contributed by atoms with Crippen LogP contribution in [0.3, 0.4) is 0 Å². The Labute approximate surface area is 134 Å². The molecule has 0 amide bonds. The maximum atomic E-state index is 13.0. The molecule has 0 radical (unpaired) electrons. The largest absolute Gasteiger partial charge is 0.243 e. The van der Waals surface area contributed by atoms with Crippen molar-refractivity contribution in [3.05, 3.63) is 41.5 Å². The Hall–Kier alpha value is -1.13. The highest BCUT2D eigenvalue weighted by molar-refractivity contribution is 7.89. The van der Waals surface area contributed by atoms with Crippen LogP contribution in [-0.2, 0) is 10.0 Å². The van der Waals surface area contributed by atoms with Crippen molar-refractivity contribution in [1.82, 2.24) is 4.31 Å². The van der Waals surface area contributed by atoms with Gasteiger partial charge < -0.3 is 0 Å². The third kappa shape index (κ3) is 3.28. The van der Waals surface area contributed by atoms with Crippen molar-refractivity contribution in [3.8, 4) is 0 Å². The lowest BCUT2D eigenvalue weighted by Gasteiger charge is -2.24. The number of rotatable bonds is 2. The minimum atomic E-state index is -3.38. The van der Waals surface area contributed by atoms with E-state index in [0.29, 0.717) is 11.4 Å². The summed E-state index contributed by atoms with van der Waals surface area (Å²) in [5.74, 6) is 0. The number of nitrogens with zero attached hydrogens (tertiary/aromatic N) is 1. The fourth-order valence-corrected chi connectivity index (χ4v) is 5.07. The molecule has 3 nitrogen and oxygen atoms in total. The molecule has 1 aliphatic carbocycles. The van der Waals surface area contributed by atoms with Crippen molar-refractivity contribution in [2.75, 3.05) is 6.54 Å². The van der Waals surface area contributed by atoms with Crippen LogP contribution in [0.1, 0.15) is 50.5 Å². The third-order valence-electron chi connectivity index (χ3n) is 4.78. The zero-order valence-corrected chi connectivity index (χ0v) is 14.1. The summed E-state index contributed by atoms with van der Waals surface area (Å²) in [6.45, 7) is 2.56. The lowest BCUT2D eigenvalue weighted by molar-refractivity contribution is 0.382. The highest BCUT2D eigenvalue weighted by atomic mass is 32.2. The Bertz CT molecular complexity index is 646. The van der Waals surface area contributed by atoms with E-state index in [0.717, 1.165) is 24.8 Å². The number of benzene rings is 1. The van der Waals surface area contributed by atoms with Gasteiger partial charge in [0.1, 0.15) is 0 Å². The van der Waals surface area contributed by atoms with Gasteiger partial charge in [-0.25, -0.2) is 8.42 Å². The quantitative estimate of drug-likeness (QED) is 0.772. The second kappa shape index (κ2) is 6.55. The molecular weight excluding hydrogens is 294 g/mol. The van der Waals surface area contributed by atoms with E-state index in [1.165, 1.54) is 31.3 Å². The van der Waals surface area contributed by atoms with E-state index < -0.39 is 10.0 Å². The van der Waals surface area contributed by atoms with Crippen molar-refractivity contribution in [1.29, 1.82) is 0 Å². The SMILES string of the molecule is Cc1ccc(S(=O)(=O)N2CC3=CC2CCCCCCC3)cc1. The molecule has 1 aliphatic heterocycles. The van der Waals surface area contributed by atoms with Crippen molar-refractivity contribution < 1.29 is 8.42 Å². The minimum absolute atomic E-state index is 0.0550. The Morgan fingerprint density at radius 2 is 1.68 bits per heavy atom. The third-order valence-corrected chi connectivity index (χ3v) is 6.67. The molecule has 0 N–H and O–H groups in total. The Kier molecular flexibility index (Phi) is 4.69. The molecule has 1 aromatic carbocycles. The molecule has 2 bridgehead atoms. The van der Waals surface area contributed by atoms with E-state index in [2.05, 4.69) is 6.08 Å². The molecule has 1 aromatic rings. The summed E-state index contributed by atoms with van der Waals surface area (Å²) in [7, 11) is -3.38. The zero-order chi connectivity index (χ0) is 15.6. The summed E-state index contributed by atoms with van der Waals surface area (Å²) in [6, 6.07) is 7.27. The topological polar surface area (TPSA) is 37.4 Å². The van der Waals surface area contributed by atoms with Gasteiger partial charge in [0.05, 0.1) is 4.90 Å². The van der Waals surface area contributed by atoms with Gasteiger partial charge >= 0.3 is 0 Å². The number of hydrogen-bond acceptors (Lipinski definition) is 2. The second-order valence-electron chi connectivity index (χ2n) is 6.56. The first-order chi connectivity index (χ1) is 10.6. The van der Waals surface area contributed by atoms with Crippen LogP contribution in [0.15, 0.2) is 40.8 Å². The van der Waals surface area contributed by atoms with Gasteiger partial charge in [0, 0.05) is 12.6 Å². The van der Waals surface area contributed by atoms with E-state index in [1.54, 1.807) is 16.4 Å². The first-order valence-electron chi connectivity index (χ1n) is 8.35. The molecule has 1 heterocycles. The summed E-state index contributed by atoms with van der Waals surface area (Å²) in [5.41, 5.74) is 2.39. The average Bonchev–Trinajstić information content (AvgIpc) is 2.90. The molecule has 0 saturated heterocycles.